The number of benzene rings is 1. The smallest absolute Gasteiger partial charge is 0.129 e. The summed E-state index contributed by atoms with van der Waals surface area (Å²) in [4.78, 5) is 10.7. The van der Waals surface area contributed by atoms with Crippen LogP contribution >= 0.6 is 0 Å². The lowest BCUT2D eigenvalue weighted by Crippen LogP contribution is -1.89. The lowest BCUT2D eigenvalue weighted by molar-refractivity contribution is -0.117. The first-order valence-corrected chi connectivity index (χ1v) is 10.3. The lowest BCUT2D eigenvalue weighted by atomic mass is 10.0. The highest BCUT2D eigenvalue weighted by Gasteiger charge is 1.95. The second-order valence-corrected chi connectivity index (χ2v) is 6.86. The quantitative estimate of drug-likeness (QED) is 0.328. The van der Waals surface area contributed by atoms with Crippen LogP contribution in [0.4, 0.5) is 0 Å². The SMILES string of the molecule is CCCCCCCCCCCCCCC(C)=O.COc1ccccc1. The Labute approximate surface area is 156 Å². The summed E-state index contributed by atoms with van der Waals surface area (Å²) in [5.74, 6) is 1.25. The number of Topliss-reactive ketones (excluding diaryl/α,β-unsaturated/α-hetero) is 1. The number of carbonyl (C=O) groups excluding carboxylic acids is 1. The summed E-state index contributed by atoms with van der Waals surface area (Å²) in [5.41, 5.74) is 0. The molecule has 0 unspecified atom stereocenters. The number of rotatable bonds is 14. The Morgan fingerprint density at radius 3 is 1.56 bits per heavy atom. The van der Waals surface area contributed by atoms with Crippen LogP contribution < -0.4 is 4.74 Å². The normalized spacial score (nSPS) is 10.0. The van der Waals surface area contributed by atoms with E-state index in [2.05, 4.69) is 6.92 Å². The van der Waals surface area contributed by atoms with Crippen molar-refractivity contribution in [1.29, 1.82) is 0 Å². The predicted octanol–water partition coefficient (Wildman–Crippen LogP) is 7.36. The van der Waals surface area contributed by atoms with Gasteiger partial charge in [0.05, 0.1) is 7.11 Å². The van der Waals surface area contributed by atoms with E-state index in [4.69, 9.17) is 4.74 Å². The minimum Gasteiger partial charge on any atom is -0.497 e. The van der Waals surface area contributed by atoms with Crippen LogP contribution in [0.25, 0.3) is 0 Å². The second-order valence-electron chi connectivity index (χ2n) is 6.86. The van der Waals surface area contributed by atoms with Crippen molar-refractivity contribution < 1.29 is 9.53 Å². The van der Waals surface area contributed by atoms with Crippen LogP contribution in [-0.4, -0.2) is 12.9 Å². The van der Waals surface area contributed by atoms with E-state index < -0.39 is 0 Å². The maximum absolute atomic E-state index is 10.7. The van der Waals surface area contributed by atoms with Crippen LogP contribution in [0.1, 0.15) is 97.3 Å². The van der Waals surface area contributed by atoms with Crippen LogP contribution in [0.5, 0.6) is 5.75 Å². The maximum Gasteiger partial charge on any atom is 0.129 e. The fourth-order valence-electron chi connectivity index (χ4n) is 2.77. The monoisotopic (exact) mass is 348 g/mol. The average Bonchev–Trinajstić information content (AvgIpc) is 2.63. The van der Waals surface area contributed by atoms with Crippen LogP contribution in [0, 0.1) is 0 Å². The van der Waals surface area contributed by atoms with E-state index in [-0.39, 0.29) is 0 Å². The van der Waals surface area contributed by atoms with Gasteiger partial charge in [-0.05, 0) is 25.5 Å². The Morgan fingerprint density at radius 2 is 1.20 bits per heavy atom. The Hall–Kier alpha value is -1.31. The third kappa shape index (κ3) is 18.9. The van der Waals surface area contributed by atoms with E-state index >= 15 is 0 Å². The van der Waals surface area contributed by atoms with E-state index in [0.29, 0.717) is 5.78 Å². The number of hydrogen-bond donors (Lipinski definition) is 0. The molecule has 0 aromatic heterocycles. The number of ether oxygens (including phenoxy) is 1. The molecule has 0 N–H and O–H groups in total. The molecule has 0 saturated carbocycles. The Morgan fingerprint density at radius 1 is 0.760 bits per heavy atom. The van der Waals surface area contributed by atoms with Gasteiger partial charge in [-0.15, -0.1) is 0 Å². The fourth-order valence-corrected chi connectivity index (χ4v) is 2.77. The molecule has 0 amide bonds. The van der Waals surface area contributed by atoms with Gasteiger partial charge >= 0.3 is 0 Å². The van der Waals surface area contributed by atoms with Gasteiger partial charge in [0.25, 0.3) is 0 Å². The zero-order valence-corrected chi connectivity index (χ0v) is 16.9. The molecule has 0 atom stereocenters. The molecular formula is C23H40O2. The summed E-state index contributed by atoms with van der Waals surface area (Å²) in [6, 6.07) is 9.68. The van der Waals surface area contributed by atoms with Gasteiger partial charge in [0.1, 0.15) is 11.5 Å². The highest BCUT2D eigenvalue weighted by atomic mass is 16.5. The molecule has 25 heavy (non-hydrogen) atoms. The number of ketones is 1. The molecule has 0 fully saturated rings. The summed E-state index contributed by atoms with van der Waals surface area (Å²) < 4.78 is 4.91. The molecule has 1 rings (SSSR count). The first-order valence-electron chi connectivity index (χ1n) is 10.3. The molecule has 1 aromatic rings. The third-order valence-corrected chi connectivity index (χ3v) is 4.36. The molecular weight excluding hydrogens is 308 g/mol. The Kier molecular flexibility index (Phi) is 18.0. The van der Waals surface area contributed by atoms with Gasteiger partial charge in [0.2, 0.25) is 0 Å². The second kappa shape index (κ2) is 19.0. The van der Waals surface area contributed by atoms with Crippen LogP contribution in [0.15, 0.2) is 30.3 Å². The number of para-hydroxylation sites is 1. The van der Waals surface area contributed by atoms with Crippen molar-refractivity contribution >= 4 is 5.78 Å². The molecule has 0 bridgehead atoms. The summed E-state index contributed by atoms with van der Waals surface area (Å²) in [6.45, 7) is 3.96. The van der Waals surface area contributed by atoms with Gasteiger partial charge in [0, 0.05) is 6.42 Å². The van der Waals surface area contributed by atoms with Gasteiger partial charge in [-0.2, -0.15) is 0 Å². The van der Waals surface area contributed by atoms with Gasteiger partial charge in [0.15, 0.2) is 0 Å². The molecule has 0 heterocycles. The largest absolute Gasteiger partial charge is 0.497 e. The first-order chi connectivity index (χ1) is 12.2. The van der Waals surface area contributed by atoms with Crippen LogP contribution in [0.2, 0.25) is 0 Å². The van der Waals surface area contributed by atoms with Crippen molar-refractivity contribution in [2.45, 2.75) is 97.3 Å². The van der Waals surface area contributed by atoms with Crippen molar-refractivity contribution in [3.05, 3.63) is 30.3 Å². The molecule has 0 spiro atoms. The van der Waals surface area contributed by atoms with Crippen molar-refractivity contribution in [3.63, 3.8) is 0 Å². The third-order valence-electron chi connectivity index (χ3n) is 4.36. The number of methoxy groups -OCH3 is 1. The van der Waals surface area contributed by atoms with E-state index in [1.807, 2.05) is 30.3 Å². The summed E-state index contributed by atoms with van der Waals surface area (Å²) in [7, 11) is 1.66. The minimum absolute atomic E-state index is 0.345. The van der Waals surface area contributed by atoms with Crippen LogP contribution in [0.3, 0.4) is 0 Å². The van der Waals surface area contributed by atoms with Gasteiger partial charge in [-0.1, -0.05) is 95.8 Å². The van der Waals surface area contributed by atoms with Gasteiger partial charge < -0.3 is 9.53 Å². The number of carbonyl (C=O) groups is 1. The summed E-state index contributed by atoms with van der Waals surface area (Å²) >= 11 is 0. The van der Waals surface area contributed by atoms with Crippen molar-refractivity contribution in [1.82, 2.24) is 0 Å². The van der Waals surface area contributed by atoms with Gasteiger partial charge in [-0.3, -0.25) is 0 Å². The van der Waals surface area contributed by atoms with E-state index in [9.17, 15) is 4.79 Å². The number of hydrogen-bond acceptors (Lipinski definition) is 2. The standard InChI is InChI=1S/C16H32O.C7H8O/c1-3-4-5-6-7-8-9-10-11-12-13-14-15-16(2)17;1-8-7-5-3-2-4-6-7/h3-15H2,1-2H3;2-6H,1H3. The molecule has 2 nitrogen and oxygen atoms in total. The highest BCUT2D eigenvalue weighted by molar-refractivity contribution is 5.75. The van der Waals surface area contributed by atoms with Gasteiger partial charge in [-0.25, -0.2) is 0 Å². The average molecular weight is 349 g/mol. The predicted molar refractivity (Wildman–Crippen MR) is 109 cm³/mol. The summed E-state index contributed by atoms with van der Waals surface area (Å²) in [6.07, 6.45) is 17.1. The van der Waals surface area contributed by atoms with E-state index in [1.165, 1.54) is 70.6 Å². The Bertz CT molecular complexity index is 386. The fraction of sp³-hybridized carbons (Fsp3) is 0.696. The lowest BCUT2D eigenvalue weighted by Gasteiger charge is -2.02. The highest BCUT2D eigenvalue weighted by Crippen LogP contribution is 2.12. The molecule has 1 aromatic carbocycles. The minimum atomic E-state index is 0.345. The molecule has 0 aliphatic rings. The zero-order chi connectivity index (χ0) is 18.6. The molecule has 0 radical (unpaired) electrons. The van der Waals surface area contributed by atoms with E-state index in [0.717, 1.165) is 18.6 Å². The molecule has 0 saturated heterocycles. The molecule has 144 valence electrons. The van der Waals surface area contributed by atoms with Crippen molar-refractivity contribution in [2.75, 3.05) is 7.11 Å². The van der Waals surface area contributed by atoms with E-state index in [1.54, 1.807) is 14.0 Å². The van der Waals surface area contributed by atoms with Crippen molar-refractivity contribution in [2.24, 2.45) is 0 Å². The maximum atomic E-state index is 10.7. The molecule has 0 aliphatic heterocycles. The topological polar surface area (TPSA) is 26.3 Å². The molecule has 2 heteroatoms. The van der Waals surface area contributed by atoms with Crippen molar-refractivity contribution in [3.8, 4) is 5.75 Å². The summed E-state index contributed by atoms with van der Waals surface area (Å²) in [5, 5.41) is 0. The zero-order valence-electron chi connectivity index (χ0n) is 16.9. The molecule has 0 aliphatic carbocycles. The first kappa shape index (κ1) is 23.7. The Balaban J connectivity index is 0.000000593. The number of unbranched alkanes of at least 4 members (excludes halogenated alkanes) is 11. The van der Waals surface area contributed by atoms with Crippen LogP contribution in [-0.2, 0) is 4.79 Å².